The highest BCUT2D eigenvalue weighted by atomic mass is 127. The van der Waals surface area contributed by atoms with E-state index in [0.717, 1.165) is 35.5 Å². The first-order valence-electron chi connectivity index (χ1n) is 8.01. The number of aromatic nitrogens is 1. The maximum Gasteiger partial charge on any atom is 0.193 e. The van der Waals surface area contributed by atoms with Crippen LogP contribution < -0.4 is 5.32 Å². The van der Waals surface area contributed by atoms with Gasteiger partial charge >= 0.3 is 0 Å². The van der Waals surface area contributed by atoms with E-state index >= 15 is 0 Å². The second kappa shape index (κ2) is 10.0. The molecule has 1 N–H and O–H groups in total. The Balaban J connectivity index is 0.00000312. The van der Waals surface area contributed by atoms with Crippen molar-refractivity contribution in [2.24, 2.45) is 4.99 Å². The molecule has 0 fully saturated rings. The van der Waals surface area contributed by atoms with Gasteiger partial charge in [-0.05, 0) is 31.5 Å². The smallest absolute Gasteiger partial charge is 0.193 e. The number of halogens is 2. The molecule has 5 nitrogen and oxygen atoms in total. The largest absolute Gasteiger partial charge is 0.361 e. The highest BCUT2D eigenvalue weighted by Gasteiger charge is 2.17. The molecular weight excluding hydrogens is 451 g/mol. The van der Waals surface area contributed by atoms with Gasteiger partial charge in [0.15, 0.2) is 5.96 Å². The molecule has 1 aromatic carbocycles. The van der Waals surface area contributed by atoms with E-state index < -0.39 is 0 Å². The number of aliphatic imine (C=N–C) groups is 1. The fourth-order valence-corrected chi connectivity index (χ4v) is 2.99. The first-order valence-corrected chi connectivity index (χ1v) is 8.39. The minimum Gasteiger partial charge on any atom is -0.361 e. The predicted molar refractivity (Wildman–Crippen MR) is 114 cm³/mol. The Bertz CT molecular complexity index is 680. The Hall–Kier alpha value is -1.28. The molecule has 0 aliphatic carbocycles. The summed E-state index contributed by atoms with van der Waals surface area (Å²) in [7, 11) is 3.81. The van der Waals surface area contributed by atoms with Gasteiger partial charge in [0.1, 0.15) is 5.76 Å². The molecule has 0 spiro atoms. The van der Waals surface area contributed by atoms with Crippen LogP contribution in [0.15, 0.2) is 33.8 Å². The van der Waals surface area contributed by atoms with Crippen LogP contribution in [0.1, 0.15) is 35.4 Å². The van der Waals surface area contributed by atoms with Gasteiger partial charge in [-0.15, -0.1) is 24.0 Å². The summed E-state index contributed by atoms with van der Waals surface area (Å²) in [6.07, 6.45) is 0. The van der Waals surface area contributed by atoms with Crippen molar-refractivity contribution in [3.8, 4) is 0 Å². The van der Waals surface area contributed by atoms with Gasteiger partial charge in [-0.2, -0.15) is 0 Å². The van der Waals surface area contributed by atoms with Gasteiger partial charge in [0, 0.05) is 43.7 Å². The standard InChI is InChI=1S/C18H25ClN4O.HI/c1-12(17-13(2)22-24-14(17)3)10-21-18(20-4)23(5)11-15-6-8-16(19)9-7-15;/h6-9,12H,10-11H2,1-5H3,(H,20,21);1H. The van der Waals surface area contributed by atoms with E-state index in [4.69, 9.17) is 16.1 Å². The third-order valence-corrected chi connectivity index (χ3v) is 4.31. The number of aryl methyl sites for hydroxylation is 2. The number of hydrogen-bond donors (Lipinski definition) is 1. The summed E-state index contributed by atoms with van der Waals surface area (Å²) in [6, 6.07) is 7.86. The lowest BCUT2D eigenvalue weighted by Crippen LogP contribution is -2.40. The highest BCUT2D eigenvalue weighted by Crippen LogP contribution is 2.22. The third-order valence-electron chi connectivity index (χ3n) is 4.05. The number of benzene rings is 1. The number of guanidine groups is 1. The monoisotopic (exact) mass is 476 g/mol. The van der Waals surface area contributed by atoms with E-state index in [1.54, 1.807) is 7.05 Å². The maximum absolute atomic E-state index is 5.93. The molecule has 1 heterocycles. The van der Waals surface area contributed by atoms with Gasteiger partial charge in [-0.3, -0.25) is 4.99 Å². The van der Waals surface area contributed by atoms with Crippen LogP contribution in [0.4, 0.5) is 0 Å². The Morgan fingerprint density at radius 3 is 2.48 bits per heavy atom. The van der Waals surface area contributed by atoms with Crippen molar-refractivity contribution in [3.05, 3.63) is 51.9 Å². The minimum absolute atomic E-state index is 0. The van der Waals surface area contributed by atoms with Crippen molar-refractivity contribution in [1.29, 1.82) is 0 Å². The number of nitrogens with zero attached hydrogens (tertiary/aromatic N) is 3. The molecule has 25 heavy (non-hydrogen) atoms. The minimum atomic E-state index is 0. The maximum atomic E-state index is 5.93. The first kappa shape index (κ1) is 21.8. The normalized spacial score (nSPS) is 12.5. The molecular formula is C18H26ClIN4O. The molecule has 0 aliphatic heterocycles. The van der Waals surface area contributed by atoms with Gasteiger partial charge in [0.25, 0.3) is 0 Å². The molecule has 0 radical (unpaired) electrons. The van der Waals surface area contributed by atoms with E-state index in [9.17, 15) is 0 Å². The van der Waals surface area contributed by atoms with Gasteiger partial charge in [-0.25, -0.2) is 0 Å². The molecule has 138 valence electrons. The third kappa shape index (κ3) is 5.88. The van der Waals surface area contributed by atoms with Crippen LogP contribution >= 0.6 is 35.6 Å². The summed E-state index contributed by atoms with van der Waals surface area (Å²) in [5.41, 5.74) is 3.30. The molecule has 1 unspecified atom stereocenters. The molecule has 0 aliphatic rings. The molecule has 7 heteroatoms. The lowest BCUT2D eigenvalue weighted by Gasteiger charge is -2.23. The zero-order chi connectivity index (χ0) is 17.7. The van der Waals surface area contributed by atoms with Crippen LogP contribution in [0.5, 0.6) is 0 Å². The molecule has 0 saturated heterocycles. The average Bonchev–Trinajstić information content (AvgIpc) is 2.89. The van der Waals surface area contributed by atoms with Crippen molar-refractivity contribution < 1.29 is 4.52 Å². The SMILES string of the molecule is CN=C(NCC(C)c1c(C)noc1C)N(C)Cc1ccc(Cl)cc1.I. The predicted octanol–water partition coefficient (Wildman–Crippen LogP) is 4.37. The topological polar surface area (TPSA) is 53.7 Å². The number of hydrogen-bond acceptors (Lipinski definition) is 3. The van der Waals surface area contributed by atoms with Crippen LogP contribution in [-0.4, -0.2) is 36.7 Å². The molecule has 1 aromatic heterocycles. The Labute approximate surface area is 171 Å². The van der Waals surface area contributed by atoms with Crippen LogP contribution in [0.2, 0.25) is 5.02 Å². The first-order chi connectivity index (χ1) is 11.4. The number of rotatable bonds is 5. The fraction of sp³-hybridized carbons (Fsp3) is 0.444. The van der Waals surface area contributed by atoms with E-state index in [0.29, 0.717) is 0 Å². The van der Waals surface area contributed by atoms with Crippen LogP contribution in [0.25, 0.3) is 0 Å². The van der Waals surface area contributed by atoms with E-state index in [-0.39, 0.29) is 29.9 Å². The lowest BCUT2D eigenvalue weighted by molar-refractivity contribution is 0.391. The highest BCUT2D eigenvalue weighted by molar-refractivity contribution is 14.0. The summed E-state index contributed by atoms with van der Waals surface area (Å²) in [4.78, 5) is 6.45. The molecule has 0 amide bonds. The van der Waals surface area contributed by atoms with Gasteiger partial charge < -0.3 is 14.7 Å². The summed E-state index contributed by atoms with van der Waals surface area (Å²) in [5.74, 6) is 2.02. The van der Waals surface area contributed by atoms with Gasteiger partial charge in [0.05, 0.1) is 5.69 Å². The molecule has 1 atom stereocenters. The van der Waals surface area contributed by atoms with E-state index in [2.05, 4.69) is 27.3 Å². The molecule has 2 rings (SSSR count). The Morgan fingerprint density at radius 1 is 1.32 bits per heavy atom. The van der Waals surface area contributed by atoms with Crippen molar-refractivity contribution in [2.75, 3.05) is 20.6 Å². The second-order valence-electron chi connectivity index (χ2n) is 6.05. The fourth-order valence-electron chi connectivity index (χ4n) is 2.86. The summed E-state index contributed by atoms with van der Waals surface area (Å²) in [5, 5.41) is 8.20. The zero-order valence-corrected chi connectivity index (χ0v) is 18.4. The zero-order valence-electron chi connectivity index (χ0n) is 15.3. The Morgan fingerprint density at radius 2 is 1.96 bits per heavy atom. The quantitative estimate of drug-likeness (QED) is 0.395. The summed E-state index contributed by atoms with van der Waals surface area (Å²) in [6.45, 7) is 7.61. The molecule has 0 bridgehead atoms. The van der Waals surface area contributed by atoms with Crippen molar-refractivity contribution in [3.63, 3.8) is 0 Å². The van der Waals surface area contributed by atoms with Gasteiger partial charge in [-0.1, -0.05) is 35.8 Å². The lowest BCUT2D eigenvalue weighted by atomic mass is 10.00. The summed E-state index contributed by atoms with van der Waals surface area (Å²) < 4.78 is 5.26. The molecule has 0 saturated carbocycles. The Kier molecular flexibility index (Phi) is 8.71. The van der Waals surface area contributed by atoms with Crippen LogP contribution in [0, 0.1) is 13.8 Å². The number of nitrogens with one attached hydrogen (secondary N) is 1. The van der Waals surface area contributed by atoms with Crippen molar-refractivity contribution >= 4 is 41.5 Å². The van der Waals surface area contributed by atoms with Crippen molar-refractivity contribution in [1.82, 2.24) is 15.4 Å². The van der Waals surface area contributed by atoms with Crippen LogP contribution in [-0.2, 0) is 6.54 Å². The average molecular weight is 477 g/mol. The van der Waals surface area contributed by atoms with Crippen LogP contribution in [0.3, 0.4) is 0 Å². The van der Waals surface area contributed by atoms with E-state index in [1.165, 1.54) is 11.1 Å². The van der Waals surface area contributed by atoms with E-state index in [1.807, 2.05) is 45.2 Å². The summed E-state index contributed by atoms with van der Waals surface area (Å²) >= 11 is 5.93. The van der Waals surface area contributed by atoms with Gasteiger partial charge in [0.2, 0.25) is 0 Å². The van der Waals surface area contributed by atoms with Crippen molar-refractivity contribution in [2.45, 2.75) is 33.2 Å². The second-order valence-corrected chi connectivity index (χ2v) is 6.49. The molecule has 2 aromatic rings.